The Morgan fingerprint density at radius 2 is 1.75 bits per heavy atom. The van der Waals surface area contributed by atoms with Crippen LogP contribution in [-0.2, 0) is 4.79 Å². The molecule has 4 nitrogen and oxygen atoms in total. The fourth-order valence-electron chi connectivity index (χ4n) is 2.04. The molecule has 2 aromatic rings. The Morgan fingerprint density at radius 3 is 2.50 bits per heavy atom. The monoisotopic (exact) mass is 340 g/mol. The highest BCUT2D eigenvalue weighted by atomic mass is 32.2. The van der Waals surface area contributed by atoms with Gasteiger partial charge in [-0.2, -0.15) is 0 Å². The Bertz CT molecular complexity index is 702. The van der Waals surface area contributed by atoms with E-state index in [1.807, 2.05) is 36.4 Å². The van der Waals surface area contributed by atoms with Gasteiger partial charge in [0.2, 0.25) is 5.91 Å². The van der Waals surface area contributed by atoms with Crippen molar-refractivity contribution in [2.75, 3.05) is 17.6 Å². The second-order valence-electron chi connectivity index (χ2n) is 5.02. The van der Waals surface area contributed by atoms with Crippen molar-refractivity contribution >= 4 is 29.3 Å². The van der Waals surface area contributed by atoms with Gasteiger partial charge in [-0.15, -0.1) is 18.3 Å². The number of hydrogen-bond donors (Lipinski definition) is 2. The molecule has 2 N–H and O–H groups in total. The van der Waals surface area contributed by atoms with E-state index in [1.165, 1.54) is 0 Å². The Balaban J connectivity index is 1.81. The lowest BCUT2D eigenvalue weighted by molar-refractivity contribution is -0.116. The van der Waals surface area contributed by atoms with Crippen LogP contribution in [0.3, 0.4) is 0 Å². The fourth-order valence-corrected chi connectivity index (χ4v) is 2.79. The molecule has 0 saturated carbocycles. The molecule has 0 atom stereocenters. The van der Waals surface area contributed by atoms with Crippen molar-refractivity contribution in [3.05, 3.63) is 72.8 Å². The summed E-state index contributed by atoms with van der Waals surface area (Å²) in [4.78, 5) is 25.0. The first-order chi connectivity index (χ1) is 11.7. The largest absolute Gasteiger partial charge is 0.352 e. The van der Waals surface area contributed by atoms with Crippen LogP contribution in [0.5, 0.6) is 0 Å². The summed E-state index contributed by atoms with van der Waals surface area (Å²) < 4.78 is 0. The van der Waals surface area contributed by atoms with Crippen LogP contribution in [0, 0.1) is 0 Å². The van der Waals surface area contributed by atoms with E-state index in [9.17, 15) is 9.59 Å². The van der Waals surface area contributed by atoms with Crippen molar-refractivity contribution in [1.82, 2.24) is 5.32 Å². The van der Waals surface area contributed by atoms with E-state index in [1.54, 1.807) is 36.0 Å². The van der Waals surface area contributed by atoms with E-state index >= 15 is 0 Å². The summed E-state index contributed by atoms with van der Waals surface area (Å²) in [5, 5.41) is 5.63. The van der Waals surface area contributed by atoms with Gasteiger partial charge in [-0.1, -0.05) is 36.4 Å². The second kappa shape index (κ2) is 9.57. The van der Waals surface area contributed by atoms with E-state index in [-0.39, 0.29) is 18.2 Å². The predicted molar refractivity (Wildman–Crippen MR) is 99.4 cm³/mol. The van der Waals surface area contributed by atoms with E-state index < -0.39 is 0 Å². The minimum Gasteiger partial charge on any atom is -0.352 e. The topological polar surface area (TPSA) is 58.2 Å². The van der Waals surface area contributed by atoms with Gasteiger partial charge in [-0.05, 0) is 24.3 Å². The summed E-state index contributed by atoms with van der Waals surface area (Å²) in [5.41, 5.74) is 1.37. The number of amides is 2. The Hall–Kier alpha value is -2.53. The lowest BCUT2D eigenvalue weighted by atomic mass is 10.2. The standard InChI is InChI=1S/C19H20N2O2S/c1-2-14-24-17-11-7-6-10-16(17)21-18(22)12-13-20-19(23)15-8-4-3-5-9-15/h2-11H,1,12-14H2,(H,20,23)(H,21,22). The molecule has 2 aromatic carbocycles. The normalized spacial score (nSPS) is 10.0. The lowest BCUT2D eigenvalue weighted by Gasteiger charge is -2.10. The lowest BCUT2D eigenvalue weighted by Crippen LogP contribution is -2.27. The smallest absolute Gasteiger partial charge is 0.251 e. The predicted octanol–water partition coefficient (Wildman–Crippen LogP) is 3.72. The second-order valence-corrected chi connectivity index (χ2v) is 6.08. The number of para-hydroxylation sites is 1. The molecule has 0 unspecified atom stereocenters. The quantitative estimate of drug-likeness (QED) is 0.569. The Labute approximate surface area is 146 Å². The average molecular weight is 340 g/mol. The number of nitrogens with one attached hydrogen (secondary N) is 2. The van der Waals surface area contributed by atoms with Gasteiger partial charge in [-0.3, -0.25) is 9.59 Å². The Morgan fingerprint density at radius 1 is 1.04 bits per heavy atom. The van der Waals surface area contributed by atoms with Crippen molar-refractivity contribution in [3.8, 4) is 0 Å². The van der Waals surface area contributed by atoms with E-state index in [0.29, 0.717) is 12.1 Å². The molecule has 0 aliphatic rings. The number of hydrogen-bond acceptors (Lipinski definition) is 3. The van der Waals surface area contributed by atoms with Crippen LogP contribution in [0.15, 0.2) is 72.1 Å². The van der Waals surface area contributed by atoms with Gasteiger partial charge in [0.05, 0.1) is 5.69 Å². The highest BCUT2D eigenvalue weighted by molar-refractivity contribution is 7.99. The molecule has 0 fully saturated rings. The van der Waals surface area contributed by atoms with Crippen LogP contribution in [0.4, 0.5) is 5.69 Å². The van der Waals surface area contributed by atoms with Gasteiger partial charge >= 0.3 is 0 Å². The number of anilines is 1. The molecule has 0 bridgehead atoms. The molecule has 0 spiro atoms. The maximum Gasteiger partial charge on any atom is 0.251 e. The van der Waals surface area contributed by atoms with Gasteiger partial charge in [0.1, 0.15) is 0 Å². The summed E-state index contributed by atoms with van der Waals surface area (Å²) in [7, 11) is 0. The van der Waals surface area contributed by atoms with Crippen LogP contribution in [-0.4, -0.2) is 24.1 Å². The first-order valence-corrected chi connectivity index (χ1v) is 8.65. The van der Waals surface area contributed by atoms with E-state index in [4.69, 9.17) is 0 Å². The summed E-state index contributed by atoms with van der Waals surface area (Å²) in [6.45, 7) is 3.99. The fraction of sp³-hybridized carbons (Fsp3) is 0.158. The van der Waals surface area contributed by atoms with Gasteiger partial charge in [0, 0.05) is 29.2 Å². The van der Waals surface area contributed by atoms with Crippen LogP contribution in [0.25, 0.3) is 0 Å². The molecule has 2 rings (SSSR count). The molecule has 5 heteroatoms. The molecule has 124 valence electrons. The van der Waals surface area contributed by atoms with Gasteiger partial charge in [0.15, 0.2) is 0 Å². The third kappa shape index (κ3) is 5.59. The number of carbonyl (C=O) groups excluding carboxylic acids is 2. The molecule has 24 heavy (non-hydrogen) atoms. The van der Waals surface area contributed by atoms with Crippen molar-refractivity contribution in [2.45, 2.75) is 11.3 Å². The summed E-state index contributed by atoms with van der Waals surface area (Å²) in [6.07, 6.45) is 2.04. The van der Waals surface area contributed by atoms with E-state index in [2.05, 4.69) is 17.2 Å². The zero-order valence-electron chi connectivity index (χ0n) is 13.3. The summed E-state index contributed by atoms with van der Waals surface area (Å²) >= 11 is 1.61. The molecular weight excluding hydrogens is 320 g/mol. The van der Waals surface area contributed by atoms with Crippen molar-refractivity contribution in [1.29, 1.82) is 0 Å². The van der Waals surface area contributed by atoms with Gasteiger partial charge < -0.3 is 10.6 Å². The van der Waals surface area contributed by atoms with Crippen LogP contribution in [0.2, 0.25) is 0 Å². The Kier molecular flexibility index (Phi) is 7.11. The minimum atomic E-state index is -0.176. The highest BCUT2D eigenvalue weighted by Crippen LogP contribution is 2.26. The van der Waals surface area contributed by atoms with Crippen LogP contribution < -0.4 is 10.6 Å². The van der Waals surface area contributed by atoms with Crippen LogP contribution in [0.1, 0.15) is 16.8 Å². The highest BCUT2D eigenvalue weighted by Gasteiger charge is 2.08. The molecule has 0 aliphatic heterocycles. The first kappa shape index (κ1) is 17.8. The molecule has 0 aliphatic carbocycles. The van der Waals surface area contributed by atoms with Crippen molar-refractivity contribution in [3.63, 3.8) is 0 Å². The van der Waals surface area contributed by atoms with Crippen molar-refractivity contribution < 1.29 is 9.59 Å². The maximum absolute atomic E-state index is 12.1. The van der Waals surface area contributed by atoms with Gasteiger partial charge in [0.25, 0.3) is 5.91 Å². The molecule has 2 amide bonds. The van der Waals surface area contributed by atoms with Crippen molar-refractivity contribution in [2.24, 2.45) is 0 Å². The molecule has 0 aromatic heterocycles. The molecule has 0 heterocycles. The number of benzene rings is 2. The average Bonchev–Trinajstić information content (AvgIpc) is 2.61. The molecular formula is C19H20N2O2S. The summed E-state index contributed by atoms with van der Waals surface area (Å²) in [5.74, 6) is 0.473. The third-order valence-corrected chi connectivity index (χ3v) is 4.26. The SMILES string of the molecule is C=CCSc1ccccc1NC(=O)CCNC(=O)c1ccccc1. The zero-order valence-corrected chi connectivity index (χ0v) is 14.1. The summed E-state index contributed by atoms with van der Waals surface area (Å²) in [6, 6.07) is 16.6. The third-order valence-electron chi connectivity index (χ3n) is 3.19. The molecule has 0 radical (unpaired) electrons. The van der Waals surface area contributed by atoms with E-state index in [0.717, 1.165) is 16.3 Å². The zero-order chi connectivity index (χ0) is 17.2. The number of rotatable bonds is 8. The first-order valence-electron chi connectivity index (χ1n) is 7.66. The van der Waals surface area contributed by atoms with Crippen LogP contribution >= 0.6 is 11.8 Å². The maximum atomic E-state index is 12.1. The minimum absolute atomic E-state index is 0.130. The van der Waals surface area contributed by atoms with Gasteiger partial charge in [-0.25, -0.2) is 0 Å². The number of thioether (sulfide) groups is 1. The molecule has 0 saturated heterocycles. The number of carbonyl (C=O) groups is 2.